The molecular formula is C23H34ClN7. The van der Waals surface area contributed by atoms with Crippen LogP contribution in [-0.2, 0) is 19.0 Å². The predicted molar refractivity (Wildman–Crippen MR) is 126 cm³/mol. The summed E-state index contributed by atoms with van der Waals surface area (Å²) in [6.07, 6.45) is 4.85. The van der Waals surface area contributed by atoms with E-state index >= 15 is 0 Å². The zero-order valence-electron chi connectivity index (χ0n) is 18.9. The van der Waals surface area contributed by atoms with Gasteiger partial charge in [0.15, 0.2) is 11.8 Å². The van der Waals surface area contributed by atoms with Crippen LogP contribution in [0.15, 0.2) is 29.3 Å². The minimum atomic E-state index is 0.150. The number of aryl methyl sites for hydroxylation is 1. The average Bonchev–Trinajstić information content (AvgIpc) is 3.32. The van der Waals surface area contributed by atoms with Crippen LogP contribution in [0.3, 0.4) is 0 Å². The van der Waals surface area contributed by atoms with Gasteiger partial charge in [0.2, 0.25) is 0 Å². The maximum Gasteiger partial charge on any atom is 0.191 e. The second kappa shape index (κ2) is 9.57. The minimum absolute atomic E-state index is 0.150. The second-order valence-corrected chi connectivity index (χ2v) is 9.27. The molecule has 0 bridgehead atoms. The van der Waals surface area contributed by atoms with Gasteiger partial charge in [0, 0.05) is 36.6 Å². The molecule has 0 amide bonds. The smallest absolute Gasteiger partial charge is 0.191 e. The highest BCUT2D eigenvalue weighted by Crippen LogP contribution is 2.48. The molecule has 1 aromatic heterocycles. The molecule has 1 aliphatic heterocycles. The summed E-state index contributed by atoms with van der Waals surface area (Å²) in [5.41, 5.74) is 1.46. The molecule has 1 saturated heterocycles. The molecule has 0 radical (unpaired) electrons. The van der Waals surface area contributed by atoms with Gasteiger partial charge in [0.25, 0.3) is 0 Å². The van der Waals surface area contributed by atoms with E-state index in [1.165, 1.54) is 37.8 Å². The number of guanidine groups is 1. The number of halogens is 1. The highest BCUT2D eigenvalue weighted by molar-refractivity contribution is 6.30. The van der Waals surface area contributed by atoms with Gasteiger partial charge < -0.3 is 15.2 Å². The maximum atomic E-state index is 6.25. The van der Waals surface area contributed by atoms with Crippen LogP contribution in [0.5, 0.6) is 0 Å². The third-order valence-corrected chi connectivity index (χ3v) is 7.09. The lowest BCUT2D eigenvalue weighted by Crippen LogP contribution is -2.46. The van der Waals surface area contributed by atoms with E-state index in [0.29, 0.717) is 12.6 Å². The molecule has 4 rings (SSSR count). The number of aromatic nitrogens is 3. The first-order valence-electron chi connectivity index (χ1n) is 11.4. The van der Waals surface area contributed by atoms with Gasteiger partial charge in [-0.25, -0.2) is 4.99 Å². The van der Waals surface area contributed by atoms with Crippen LogP contribution in [0.1, 0.15) is 49.8 Å². The first-order chi connectivity index (χ1) is 15.0. The quantitative estimate of drug-likeness (QED) is 0.484. The molecule has 2 aliphatic rings. The lowest BCUT2D eigenvalue weighted by atomic mass is 9.96. The molecule has 1 saturated carbocycles. The van der Waals surface area contributed by atoms with Gasteiger partial charge in [-0.1, -0.05) is 30.7 Å². The lowest BCUT2D eigenvalue weighted by Gasteiger charge is -2.25. The van der Waals surface area contributed by atoms with Crippen molar-refractivity contribution in [1.29, 1.82) is 0 Å². The Morgan fingerprint density at radius 3 is 2.81 bits per heavy atom. The zero-order chi connectivity index (χ0) is 21.8. The van der Waals surface area contributed by atoms with Crippen molar-refractivity contribution < 1.29 is 0 Å². The molecule has 1 unspecified atom stereocenters. The fourth-order valence-corrected chi connectivity index (χ4v) is 4.65. The van der Waals surface area contributed by atoms with Crippen molar-refractivity contribution in [2.45, 2.75) is 57.5 Å². The number of likely N-dealkylation sites (N-methyl/N-ethyl adjacent to an activating group) is 1. The zero-order valence-corrected chi connectivity index (χ0v) is 19.6. The number of aliphatic imine (C=N–C) groups is 1. The summed E-state index contributed by atoms with van der Waals surface area (Å²) < 4.78 is 1.99. The van der Waals surface area contributed by atoms with E-state index in [9.17, 15) is 0 Å². The van der Waals surface area contributed by atoms with Crippen LogP contribution >= 0.6 is 11.6 Å². The first kappa shape index (κ1) is 22.1. The van der Waals surface area contributed by atoms with E-state index < -0.39 is 0 Å². The van der Waals surface area contributed by atoms with E-state index in [2.05, 4.69) is 44.8 Å². The van der Waals surface area contributed by atoms with Crippen LogP contribution in [-0.4, -0.2) is 57.8 Å². The van der Waals surface area contributed by atoms with Crippen molar-refractivity contribution in [3.8, 4) is 0 Å². The standard InChI is InChI=1S/C23H34ClN7/c1-4-31-12-6-9-20(31)14-25-22(26-15-21-29-28-17(2)30(21)3)27-16-23(10-11-23)18-7-5-8-19(24)13-18/h5,7-8,13,20H,4,6,9-12,14-16H2,1-3H3,(H2,25,26,27). The molecule has 1 aliphatic carbocycles. The van der Waals surface area contributed by atoms with Crippen LogP contribution < -0.4 is 10.6 Å². The van der Waals surface area contributed by atoms with Gasteiger partial charge in [-0.05, 0) is 63.4 Å². The van der Waals surface area contributed by atoms with Gasteiger partial charge in [-0.15, -0.1) is 10.2 Å². The number of hydrogen-bond acceptors (Lipinski definition) is 4. The van der Waals surface area contributed by atoms with E-state index in [1.54, 1.807) is 0 Å². The van der Waals surface area contributed by atoms with E-state index in [4.69, 9.17) is 16.6 Å². The topological polar surface area (TPSA) is 70.4 Å². The Kier molecular flexibility index (Phi) is 6.82. The van der Waals surface area contributed by atoms with Gasteiger partial charge >= 0.3 is 0 Å². The van der Waals surface area contributed by atoms with Gasteiger partial charge in [-0.3, -0.25) is 4.90 Å². The highest BCUT2D eigenvalue weighted by Gasteiger charge is 2.44. The van der Waals surface area contributed by atoms with Crippen molar-refractivity contribution in [3.05, 3.63) is 46.5 Å². The maximum absolute atomic E-state index is 6.25. The van der Waals surface area contributed by atoms with Gasteiger partial charge in [0.05, 0.1) is 0 Å². The van der Waals surface area contributed by atoms with Crippen molar-refractivity contribution in [2.75, 3.05) is 26.2 Å². The molecule has 1 aromatic carbocycles. The Hall–Kier alpha value is -2.12. The minimum Gasteiger partial charge on any atom is -0.356 e. The van der Waals surface area contributed by atoms with Crippen LogP contribution in [0.4, 0.5) is 0 Å². The molecule has 2 N–H and O–H groups in total. The number of nitrogens with zero attached hydrogens (tertiary/aromatic N) is 5. The molecular weight excluding hydrogens is 410 g/mol. The molecule has 2 fully saturated rings. The fraction of sp³-hybridized carbons (Fsp3) is 0.609. The Morgan fingerprint density at radius 2 is 2.13 bits per heavy atom. The Balaban J connectivity index is 1.44. The summed E-state index contributed by atoms with van der Waals surface area (Å²) in [4.78, 5) is 7.40. The van der Waals surface area contributed by atoms with Crippen molar-refractivity contribution in [3.63, 3.8) is 0 Å². The molecule has 2 aromatic rings. The molecule has 2 heterocycles. The number of benzene rings is 1. The predicted octanol–water partition coefficient (Wildman–Crippen LogP) is 3.03. The monoisotopic (exact) mass is 443 g/mol. The van der Waals surface area contributed by atoms with Gasteiger partial charge in [0.1, 0.15) is 12.4 Å². The normalized spacial score (nSPS) is 20.8. The van der Waals surface area contributed by atoms with E-state index in [-0.39, 0.29) is 5.41 Å². The highest BCUT2D eigenvalue weighted by atomic mass is 35.5. The third kappa shape index (κ3) is 5.21. The first-order valence-corrected chi connectivity index (χ1v) is 11.8. The van der Waals surface area contributed by atoms with Crippen molar-refractivity contribution in [2.24, 2.45) is 12.0 Å². The molecule has 8 heteroatoms. The summed E-state index contributed by atoms with van der Waals surface area (Å²) in [5.74, 6) is 2.61. The molecule has 1 atom stereocenters. The summed E-state index contributed by atoms with van der Waals surface area (Å²) >= 11 is 6.25. The fourth-order valence-electron chi connectivity index (χ4n) is 4.46. The van der Waals surface area contributed by atoms with Crippen LogP contribution in [0.25, 0.3) is 0 Å². The molecule has 7 nitrogen and oxygen atoms in total. The Morgan fingerprint density at radius 1 is 1.29 bits per heavy atom. The van der Waals surface area contributed by atoms with Crippen molar-refractivity contribution >= 4 is 17.6 Å². The number of hydrogen-bond donors (Lipinski definition) is 2. The van der Waals surface area contributed by atoms with E-state index in [1.807, 2.05) is 30.7 Å². The Bertz CT molecular complexity index is 918. The molecule has 168 valence electrons. The summed E-state index contributed by atoms with van der Waals surface area (Å²) in [7, 11) is 1.98. The number of rotatable bonds is 8. The SMILES string of the molecule is CCN1CCCC1CNC(=NCc1nnc(C)n1C)NCC1(c2cccc(Cl)c2)CC1. The average molecular weight is 444 g/mol. The van der Waals surface area contributed by atoms with Gasteiger partial charge in [-0.2, -0.15) is 0 Å². The van der Waals surface area contributed by atoms with E-state index in [0.717, 1.165) is 42.3 Å². The summed E-state index contributed by atoms with van der Waals surface area (Å²) in [5, 5.41) is 16.4. The Labute approximate surface area is 190 Å². The summed E-state index contributed by atoms with van der Waals surface area (Å²) in [6.45, 7) is 8.74. The van der Waals surface area contributed by atoms with Crippen LogP contribution in [0, 0.1) is 6.92 Å². The molecule has 31 heavy (non-hydrogen) atoms. The van der Waals surface area contributed by atoms with Crippen LogP contribution in [0.2, 0.25) is 5.02 Å². The third-order valence-electron chi connectivity index (χ3n) is 6.86. The second-order valence-electron chi connectivity index (χ2n) is 8.84. The largest absolute Gasteiger partial charge is 0.356 e. The van der Waals surface area contributed by atoms with Crippen molar-refractivity contribution in [1.82, 2.24) is 30.3 Å². The molecule has 0 spiro atoms. The number of likely N-dealkylation sites (tertiary alicyclic amines) is 1. The number of nitrogens with one attached hydrogen (secondary N) is 2. The lowest BCUT2D eigenvalue weighted by molar-refractivity contribution is 0.267. The summed E-state index contributed by atoms with van der Waals surface area (Å²) in [6, 6.07) is 8.83.